The van der Waals surface area contributed by atoms with Gasteiger partial charge in [-0.1, -0.05) is 25.8 Å². The minimum Gasteiger partial charge on any atom is -0.385 e. The number of tetrazole rings is 1. The fourth-order valence-electron chi connectivity index (χ4n) is 3.23. The van der Waals surface area contributed by atoms with Crippen LogP contribution in [0.2, 0.25) is 0 Å². The van der Waals surface area contributed by atoms with Gasteiger partial charge in [-0.2, -0.15) is 4.68 Å². The molecule has 1 fully saturated rings. The third-order valence-corrected chi connectivity index (χ3v) is 4.36. The van der Waals surface area contributed by atoms with Crippen LogP contribution in [0, 0.1) is 18.8 Å². The van der Waals surface area contributed by atoms with Crippen LogP contribution in [0.5, 0.6) is 0 Å². The number of hydrogen-bond acceptors (Lipinski definition) is 4. The zero-order valence-electron chi connectivity index (χ0n) is 12.8. The fourth-order valence-corrected chi connectivity index (χ4v) is 3.23. The van der Waals surface area contributed by atoms with E-state index >= 15 is 0 Å². The standard InChI is InChI=1S/C16H23N5/c1-12-5-3-6-14(9-12)11-17-15-7-4-8-16(10-15)21-13(2)18-19-20-21/h4,7-8,10,12,14,17H,3,5-6,9,11H2,1-2H3. The van der Waals surface area contributed by atoms with E-state index in [-0.39, 0.29) is 0 Å². The van der Waals surface area contributed by atoms with Crippen molar-refractivity contribution in [3.8, 4) is 5.69 Å². The third kappa shape index (κ3) is 3.40. The fraction of sp³-hybridized carbons (Fsp3) is 0.562. The molecule has 0 aliphatic heterocycles. The Balaban J connectivity index is 1.65. The van der Waals surface area contributed by atoms with Crippen molar-refractivity contribution in [3.63, 3.8) is 0 Å². The predicted octanol–water partition coefficient (Wildman–Crippen LogP) is 3.21. The Morgan fingerprint density at radius 2 is 2.24 bits per heavy atom. The van der Waals surface area contributed by atoms with Gasteiger partial charge < -0.3 is 5.32 Å². The van der Waals surface area contributed by atoms with Gasteiger partial charge in [-0.25, -0.2) is 0 Å². The molecule has 2 aromatic rings. The number of anilines is 1. The molecule has 1 aromatic heterocycles. The Bertz CT molecular complexity index is 592. The molecule has 0 saturated heterocycles. The summed E-state index contributed by atoms with van der Waals surface area (Å²) < 4.78 is 1.76. The Kier molecular flexibility index (Phi) is 4.18. The van der Waals surface area contributed by atoms with Crippen LogP contribution in [0.25, 0.3) is 5.69 Å². The van der Waals surface area contributed by atoms with Gasteiger partial charge in [-0.15, -0.1) is 5.10 Å². The van der Waals surface area contributed by atoms with Crippen molar-refractivity contribution in [1.29, 1.82) is 0 Å². The SMILES string of the molecule is Cc1nnnn1-c1cccc(NCC2CCCC(C)C2)c1. The molecular formula is C16H23N5. The molecule has 1 N–H and O–H groups in total. The van der Waals surface area contributed by atoms with Crippen LogP contribution in [-0.2, 0) is 0 Å². The normalized spacial score (nSPS) is 22.2. The van der Waals surface area contributed by atoms with E-state index in [9.17, 15) is 0 Å². The van der Waals surface area contributed by atoms with Crippen LogP contribution in [0.4, 0.5) is 5.69 Å². The van der Waals surface area contributed by atoms with Crippen molar-refractivity contribution < 1.29 is 0 Å². The van der Waals surface area contributed by atoms with Gasteiger partial charge in [0.2, 0.25) is 0 Å². The second-order valence-electron chi connectivity index (χ2n) is 6.21. The van der Waals surface area contributed by atoms with Gasteiger partial charge in [0.05, 0.1) is 5.69 Å². The highest BCUT2D eigenvalue weighted by Gasteiger charge is 2.18. The smallest absolute Gasteiger partial charge is 0.153 e. The third-order valence-electron chi connectivity index (χ3n) is 4.36. The quantitative estimate of drug-likeness (QED) is 0.937. The minimum absolute atomic E-state index is 0.798. The lowest BCUT2D eigenvalue weighted by atomic mass is 9.82. The topological polar surface area (TPSA) is 55.6 Å². The Morgan fingerprint density at radius 3 is 3.00 bits per heavy atom. The maximum atomic E-state index is 4.01. The molecule has 1 heterocycles. The van der Waals surface area contributed by atoms with Gasteiger partial charge >= 0.3 is 0 Å². The van der Waals surface area contributed by atoms with E-state index in [0.717, 1.165) is 35.6 Å². The largest absolute Gasteiger partial charge is 0.385 e. The highest BCUT2D eigenvalue weighted by Crippen LogP contribution is 2.28. The van der Waals surface area contributed by atoms with Crippen molar-refractivity contribution in [3.05, 3.63) is 30.1 Å². The maximum Gasteiger partial charge on any atom is 0.153 e. The van der Waals surface area contributed by atoms with E-state index in [1.165, 1.54) is 25.7 Å². The van der Waals surface area contributed by atoms with Crippen molar-refractivity contribution >= 4 is 5.69 Å². The molecule has 1 aliphatic carbocycles. The lowest BCUT2D eigenvalue weighted by Gasteiger charge is -2.27. The second kappa shape index (κ2) is 6.24. The first kappa shape index (κ1) is 14.0. The van der Waals surface area contributed by atoms with Crippen LogP contribution < -0.4 is 5.32 Å². The molecule has 0 radical (unpaired) electrons. The average molecular weight is 285 g/mol. The molecule has 1 aromatic carbocycles. The molecule has 2 atom stereocenters. The predicted molar refractivity (Wildman–Crippen MR) is 83.5 cm³/mol. The number of nitrogens with one attached hydrogen (secondary N) is 1. The van der Waals surface area contributed by atoms with E-state index in [1.807, 2.05) is 19.1 Å². The number of aromatic nitrogens is 4. The zero-order chi connectivity index (χ0) is 14.7. The van der Waals surface area contributed by atoms with E-state index in [2.05, 4.69) is 39.9 Å². The summed E-state index contributed by atoms with van der Waals surface area (Å²) in [4.78, 5) is 0. The highest BCUT2D eigenvalue weighted by atomic mass is 15.5. The molecule has 21 heavy (non-hydrogen) atoms. The molecule has 5 heteroatoms. The summed E-state index contributed by atoms with van der Waals surface area (Å²) in [6, 6.07) is 8.28. The maximum absolute atomic E-state index is 4.01. The molecule has 0 amide bonds. The van der Waals surface area contributed by atoms with Gasteiger partial charge in [0.25, 0.3) is 0 Å². The van der Waals surface area contributed by atoms with E-state index in [1.54, 1.807) is 4.68 Å². The molecule has 0 spiro atoms. The lowest BCUT2D eigenvalue weighted by Crippen LogP contribution is -2.21. The first-order valence-corrected chi connectivity index (χ1v) is 7.81. The molecule has 2 unspecified atom stereocenters. The first-order chi connectivity index (χ1) is 10.2. The van der Waals surface area contributed by atoms with Gasteiger partial charge in [0, 0.05) is 12.2 Å². The molecule has 112 valence electrons. The number of nitrogens with zero attached hydrogens (tertiary/aromatic N) is 4. The van der Waals surface area contributed by atoms with Crippen LogP contribution in [0.1, 0.15) is 38.4 Å². The van der Waals surface area contributed by atoms with E-state index < -0.39 is 0 Å². The van der Waals surface area contributed by atoms with Crippen LogP contribution in [0.3, 0.4) is 0 Å². The lowest BCUT2D eigenvalue weighted by molar-refractivity contribution is 0.293. The highest BCUT2D eigenvalue weighted by molar-refractivity contribution is 5.51. The van der Waals surface area contributed by atoms with Crippen molar-refractivity contribution in [2.24, 2.45) is 11.8 Å². The Morgan fingerprint density at radius 1 is 1.33 bits per heavy atom. The Hall–Kier alpha value is -1.91. The zero-order valence-corrected chi connectivity index (χ0v) is 12.8. The van der Waals surface area contributed by atoms with Crippen LogP contribution >= 0.6 is 0 Å². The summed E-state index contributed by atoms with van der Waals surface area (Å²) in [5, 5.41) is 15.2. The van der Waals surface area contributed by atoms with Crippen LogP contribution in [0.15, 0.2) is 24.3 Å². The van der Waals surface area contributed by atoms with Gasteiger partial charge in [0.1, 0.15) is 0 Å². The summed E-state index contributed by atoms with van der Waals surface area (Å²) in [5.41, 5.74) is 2.14. The summed E-state index contributed by atoms with van der Waals surface area (Å²) in [5.74, 6) is 2.47. The molecule has 3 rings (SSSR count). The van der Waals surface area contributed by atoms with Crippen molar-refractivity contribution in [2.45, 2.75) is 39.5 Å². The number of benzene rings is 1. The average Bonchev–Trinajstić information content (AvgIpc) is 2.92. The molecule has 5 nitrogen and oxygen atoms in total. The number of aryl methyl sites for hydroxylation is 1. The van der Waals surface area contributed by atoms with Gasteiger partial charge in [0.15, 0.2) is 5.82 Å². The number of hydrogen-bond donors (Lipinski definition) is 1. The first-order valence-electron chi connectivity index (χ1n) is 7.81. The van der Waals surface area contributed by atoms with Gasteiger partial charge in [-0.3, -0.25) is 0 Å². The summed E-state index contributed by atoms with van der Waals surface area (Å²) in [6.07, 6.45) is 5.46. The Labute approximate surface area is 125 Å². The van der Waals surface area contributed by atoms with Crippen molar-refractivity contribution in [1.82, 2.24) is 20.2 Å². The van der Waals surface area contributed by atoms with Crippen molar-refractivity contribution in [2.75, 3.05) is 11.9 Å². The van der Waals surface area contributed by atoms with Gasteiger partial charge in [-0.05, 0) is 60.2 Å². The van der Waals surface area contributed by atoms with E-state index in [0.29, 0.717) is 0 Å². The minimum atomic E-state index is 0.798. The molecule has 1 aliphatic rings. The second-order valence-corrected chi connectivity index (χ2v) is 6.21. The summed E-state index contributed by atoms with van der Waals surface area (Å²) in [7, 11) is 0. The summed E-state index contributed by atoms with van der Waals surface area (Å²) in [6.45, 7) is 5.33. The molecule has 1 saturated carbocycles. The molecular weight excluding hydrogens is 262 g/mol. The molecule has 0 bridgehead atoms. The van der Waals surface area contributed by atoms with Crippen LogP contribution in [-0.4, -0.2) is 26.8 Å². The van der Waals surface area contributed by atoms with E-state index in [4.69, 9.17) is 0 Å². The number of rotatable bonds is 4. The summed E-state index contributed by atoms with van der Waals surface area (Å²) >= 11 is 0. The monoisotopic (exact) mass is 285 g/mol.